The predicted octanol–water partition coefficient (Wildman–Crippen LogP) is 2.98. The van der Waals surface area contributed by atoms with Crippen LogP contribution < -0.4 is 0 Å². The van der Waals surface area contributed by atoms with E-state index in [1.807, 2.05) is 18.2 Å². The van der Waals surface area contributed by atoms with Gasteiger partial charge in [-0.25, -0.2) is 0 Å². The van der Waals surface area contributed by atoms with Crippen LogP contribution in [0.3, 0.4) is 0 Å². The Morgan fingerprint density at radius 2 is 2.06 bits per heavy atom. The predicted molar refractivity (Wildman–Crippen MR) is 65.4 cm³/mol. The van der Waals surface area contributed by atoms with Crippen LogP contribution in [0.5, 0.6) is 0 Å². The van der Waals surface area contributed by atoms with E-state index in [0.29, 0.717) is 12.0 Å². The maximum absolute atomic E-state index is 11.8. The summed E-state index contributed by atoms with van der Waals surface area (Å²) < 4.78 is 0. The first-order valence-corrected chi connectivity index (χ1v) is 5.47. The monoisotopic (exact) mass is 218 g/mol. The molecule has 16 heavy (non-hydrogen) atoms. The van der Waals surface area contributed by atoms with E-state index in [2.05, 4.69) is 6.58 Å². The lowest BCUT2D eigenvalue weighted by molar-refractivity contribution is 0.0398. The number of allylic oxidation sites excluding steroid dienone is 1. The Morgan fingerprint density at radius 3 is 2.62 bits per heavy atom. The van der Waals surface area contributed by atoms with E-state index in [0.717, 1.165) is 6.42 Å². The van der Waals surface area contributed by atoms with Gasteiger partial charge in [-0.15, -0.1) is 6.58 Å². The molecule has 1 rings (SSSR count). The van der Waals surface area contributed by atoms with Gasteiger partial charge in [0.2, 0.25) is 0 Å². The molecule has 1 N–H and O–H groups in total. The summed E-state index contributed by atoms with van der Waals surface area (Å²) in [7, 11) is 0. The van der Waals surface area contributed by atoms with Crippen LogP contribution in [0.15, 0.2) is 43.0 Å². The van der Waals surface area contributed by atoms with Gasteiger partial charge in [0.15, 0.2) is 5.78 Å². The Morgan fingerprint density at radius 1 is 1.44 bits per heavy atom. The van der Waals surface area contributed by atoms with Gasteiger partial charge in [0.25, 0.3) is 0 Å². The van der Waals surface area contributed by atoms with Crippen molar-refractivity contribution in [1.29, 1.82) is 0 Å². The van der Waals surface area contributed by atoms with Crippen LogP contribution in [0, 0.1) is 0 Å². The molecule has 2 nitrogen and oxygen atoms in total. The summed E-state index contributed by atoms with van der Waals surface area (Å²) in [5, 5.41) is 10.0. The molecule has 1 atom stereocenters. The summed E-state index contributed by atoms with van der Waals surface area (Å²) in [4.78, 5) is 11.8. The fourth-order valence-electron chi connectivity index (χ4n) is 1.57. The molecule has 0 spiro atoms. The van der Waals surface area contributed by atoms with E-state index in [4.69, 9.17) is 0 Å². The Hall–Kier alpha value is -1.41. The second-order valence-corrected chi connectivity index (χ2v) is 4.29. The molecular weight excluding hydrogens is 200 g/mol. The van der Waals surface area contributed by atoms with Gasteiger partial charge in [-0.1, -0.05) is 36.4 Å². The first kappa shape index (κ1) is 12.7. The molecule has 0 aliphatic carbocycles. The van der Waals surface area contributed by atoms with Crippen molar-refractivity contribution >= 4 is 5.78 Å². The summed E-state index contributed by atoms with van der Waals surface area (Å²) >= 11 is 0. The summed E-state index contributed by atoms with van der Waals surface area (Å²) in [6.45, 7) is 5.30. The average Bonchev–Trinajstić information content (AvgIpc) is 2.27. The number of rotatable bonds is 6. The second-order valence-electron chi connectivity index (χ2n) is 4.29. The van der Waals surface area contributed by atoms with Gasteiger partial charge in [-0.2, -0.15) is 0 Å². The zero-order valence-corrected chi connectivity index (χ0v) is 9.65. The zero-order valence-electron chi connectivity index (χ0n) is 9.65. The molecule has 0 aromatic heterocycles. The van der Waals surface area contributed by atoms with Crippen LogP contribution in [0.4, 0.5) is 0 Å². The molecule has 0 saturated heterocycles. The highest BCUT2D eigenvalue weighted by Gasteiger charge is 2.23. The standard InChI is InChI=1S/C14H18O2/c1-3-4-10-14(2,16)11-13(15)12-8-6-5-7-9-12/h3,5-9,16H,1,4,10-11H2,2H3. The number of hydrogen-bond acceptors (Lipinski definition) is 2. The third kappa shape index (κ3) is 3.99. The van der Waals surface area contributed by atoms with Crippen molar-refractivity contribution in [3.63, 3.8) is 0 Å². The van der Waals surface area contributed by atoms with Crippen molar-refractivity contribution in [2.45, 2.75) is 31.8 Å². The van der Waals surface area contributed by atoms with E-state index in [-0.39, 0.29) is 12.2 Å². The van der Waals surface area contributed by atoms with Gasteiger partial charge in [-0.3, -0.25) is 4.79 Å². The Labute approximate surface area is 96.6 Å². The molecule has 1 aromatic rings. The third-order valence-electron chi connectivity index (χ3n) is 2.52. The number of hydrogen-bond donors (Lipinski definition) is 1. The Balaban J connectivity index is 2.60. The van der Waals surface area contributed by atoms with Crippen LogP contribution in [0.1, 0.15) is 36.5 Å². The minimum absolute atomic E-state index is 0.0188. The fraction of sp³-hybridized carbons (Fsp3) is 0.357. The van der Waals surface area contributed by atoms with E-state index >= 15 is 0 Å². The van der Waals surface area contributed by atoms with Gasteiger partial charge in [0.05, 0.1) is 5.60 Å². The van der Waals surface area contributed by atoms with Gasteiger partial charge < -0.3 is 5.11 Å². The number of benzene rings is 1. The van der Waals surface area contributed by atoms with Crippen molar-refractivity contribution in [2.75, 3.05) is 0 Å². The molecule has 1 aromatic carbocycles. The van der Waals surface area contributed by atoms with E-state index in [1.54, 1.807) is 25.1 Å². The van der Waals surface area contributed by atoms with E-state index < -0.39 is 5.60 Å². The smallest absolute Gasteiger partial charge is 0.165 e. The van der Waals surface area contributed by atoms with Crippen LogP contribution >= 0.6 is 0 Å². The molecule has 0 radical (unpaired) electrons. The minimum Gasteiger partial charge on any atom is -0.390 e. The number of carbonyl (C=O) groups is 1. The first-order chi connectivity index (χ1) is 7.55. The van der Waals surface area contributed by atoms with Crippen LogP contribution in [0.2, 0.25) is 0 Å². The lowest BCUT2D eigenvalue weighted by atomic mass is 9.91. The summed E-state index contributed by atoms with van der Waals surface area (Å²) in [6, 6.07) is 9.06. The highest BCUT2D eigenvalue weighted by atomic mass is 16.3. The summed E-state index contributed by atoms with van der Waals surface area (Å²) in [6.07, 6.45) is 3.19. The molecule has 0 amide bonds. The molecule has 0 saturated carbocycles. The van der Waals surface area contributed by atoms with Gasteiger partial charge in [-0.05, 0) is 19.8 Å². The van der Waals surface area contributed by atoms with Gasteiger partial charge >= 0.3 is 0 Å². The Bertz CT molecular complexity index is 352. The number of aliphatic hydroxyl groups is 1. The molecular formula is C14H18O2. The highest BCUT2D eigenvalue weighted by Crippen LogP contribution is 2.19. The lowest BCUT2D eigenvalue weighted by Gasteiger charge is -2.21. The molecule has 0 fully saturated rings. The van der Waals surface area contributed by atoms with E-state index in [1.165, 1.54) is 0 Å². The minimum atomic E-state index is -0.943. The topological polar surface area (TPSA) is 37.3 Å². The van der Waals surface area contributed by atoms with Crippen molar-refractivity contribution in [2.24, 2.45) is 0 Å². The average molecular weight is 218 g/mol. The van der Waals surface area contributed by atoms with Crippen molar-refractivity contribution in [3.05, 3.63) is 48.6 Å². The molecule has 0 aliphatic heterocycles. The molecule has 86 valence electrons. The van der Waals surface area contributed by atoms with Crippen LogP contribution in [0.25, 0.3) is 0 Å². The quantitative estimate of drug-likeness (QED) is 0.588. The summed E-state index contributed by atoms with van der Waals surface area (Å²) in [5.74, 6) is -0.0188. The molecule has 1 unspecified atom stereocenters. The zero-order chi connectivity index (χ0) is 12.0. The number of Topliss-reactive ketones (excluding diaryl/α,β-unsaturated/α-hetero) is 1. The normalized spacial score (nSPS) is 14.1. The van der Waals surface area contributed by atoms with Crippen molar-refractivity contribution in [1.82, 2.24) is 0 Å². The number of ketones is 1. The Kier molecular flexibility index (Phi) is 4.44. The second kappa shape index (κ2) is 5.61. The molecule has 0 heterocycles. The third-order valence-corrected chi connectivity index (χ3v) is 2.52. The lowest BCUT2D eigenvalue weighted by Crippen LogP contribution is -2.27. The molecule has 0 bridgehead atoms. The highest BCUT2D eigenvalue weighted by molar-refractivity contribution is 5.96. The summed E-state index contributed by atoms with van der Waals surface area (Å²) in [5.41, 5.74) is -0.289. The van der Waals surface area contributed by atoms with Crippen molar-refractivity contribution in [3.8, 4) is 0 Å². The van der Waals surface area contributed by atoms with E-state index in [9.17, 15) is 9.90 Å². The van der Waals surface area contributed by atoms with Crippen LogP contribution in [-0.2, 0) is 0 Å². The van der Waals surface area contributed by atoms with Crippen LogP contribution in [-0.4, -0.2) is 16.5 Å². The maximum Gasteiger partial charge on any atom is 0.165 e. The first-order valence-electron chi connectivity index (χ1n) is 5.47. The fourth-order valence-corrected chi connectivity index (χ4v) is 1.57. The van der Waals surface area contributed by atoms with Crippen molar-refractivity contribution < 1.29 is 9.90 Å². The number of carbonyl (C=O) groups excluding carboxylic acids is 1. The molecule has 0 aliphatic rings. The largest absolute Gasteiger partial charge is 0.390 e. The van der Waals surface area contributed by atoms with Gasteiger partial charge in [0, 0.05) is 12.0 Å². The maximum atomic E-state index is 11.8. The SMILES string of the molecule is C=CCCC(C)(O)CC(=O)c1ccccc1. The van der Waals surface area contributed by atoms with Gasteiger partial charge in [0.1, 0.15) is 0 Å². The molecule has 2 heteroatoms.